The van der Waals surface area contributed by atoms with Crippen molar-refractivity contribution in [2.75, 3.05) is 0 Å². The van der Waals surface area contributed by atoms with Crippen molar-refractivity contribution >= 4 is 27.7 Å². The van der Waals surface area contributed by atoms with E-state index >= 15 is 0 Å². The Morgan fingerprint density at radius 1 is 1.08 bits per heavy atom. The van der Waals surface area contributed by atoms with Crippen molar-refractivity contribution in [3.05, 3.63) is 95.8 Å². The summed E-state index contributed by atoms with van der Waals surface area (Å²) >= 11 is 0. The molecule has 3 aromatic carbocycles. The van der Waals surface area contributed by atoms with E-state index in [1.54, 1.807) is 12.3 Å². The summed E-state index contributed by atoms with van der Waals surface area (Å²) in [7, 11) is 0. The van der Waals surface area contributed by atoms with Crippen LogP contribution in [0.5, 0.6) is 0 Å². The first-order valence-corrected chi connectivity index (χ1v) is 12.7. The topological polar surface area (TPSA) is 68.3 Å². The van der Waals surface area contributed by atoms with E-state index in [0.29, 0.717) is 0 Å². The maximum Gasteiger partial charge on any atom is 0.155 e. The van der Waals surface area contributed by atoms with Crippen LogP contribution < -0.4 is 0 Å². The van der Waals surface area contributed by atoms with E-state index in [2.05, 4.69) is 55.4 Å². The molecule has 2 aromatic heterocycles. The van der Waals surface area contributed by atoms with Crippen LogP contribution in [-0.4, -0.2) is 20.4 Å². The fourth-order valence-electron chi connectivity index (χ4n) is 4.66. The second-order valence-electron chi connectivity index (χ2n) is 9.95. The van der Waals surface area contributed by atoms with E-state index in [1.807, 2.05) is 24.4 Å². The van der Waals surface area contributed by atoms with Crippen molar-refractivity contribution in [1.82, 2.24) is 9.55 Å². The fourth-order valence-corrected chi connectivity index (χ4v) is 4.66. The zero-order chi connectivity index (χ0) is 27.6. The summed E-state index contributed by atoms with van der Waals surface area (Å²) in [5, 5.41) is 10.6. The third-order valence-electron chi connectivity index (χ3n) is 6.22. The molecule has 0 radical (unpaired) electrons. The molecule has 0 atom stereocenters. The standard InChI is InChI=1S/C27H24FN2O.C5H8O2.Pt/c1-16(2)21-15-22-20-7-5-6-8-23(20)31-26(22)24(17(3)4)25(21)30-14-13-29-27(30)18-9-11-19(28)12-10-18;1-4(6)3-5(2)7;/h5-9,11-17H,1-4H3;3,6H,1-2H3;/q-1;;/b;4-3-;. The number of fused-ring (bicyclic) bond motifs is 3. The molecular weight excluding hydrogens is 674 g/mol. The smallest absolute Gasteiger partial charge is 0.155 e. The summed E-state index contributed by atoms with van der Waals surface area (Å²) in [6.45, 7) is 11.6. The van der Waals surface area contributed by atoms with Gasteiger partial charge in [0.15, 0.2) is 5.78 Å². The number of aromatic nitrogens is 2. The zero-order valence-electron chi connectivity index (χ0n) is 22.9. The van der Waals surface area contributed by atoms with Crippen molar-refractivity contribution in [3.63, 3.8) is 0 Å². The van der Waals surface area contributed by atoms with E-state index in [9.17, 15) is 9.18 Å². The first-order valence-electron chi connectivity index (χ1n) is 12.7. The molecule has 206 valence electrons. The zero-order valence-corrected chi connectivity index (χ0v) is 25.1. The normalized spacial score (nSPS) is 11.6. The van der Waals surface area contributed by atoms with Crippen LogP contribution in [0.3, 0.4) is 0 Å². The second kappa shape index (κ2) is 12.6. The van der Waals surface area contributed by atoms with Gasteiger partial charge in [0.1, 0.15) is 11.2 Å². The number of imidazole rings is 1. The Kier molecular flexibility index (Phi) is 9.68. The summed E-state index contributed by atoms with van der Waals surface area (Å²) in [5.74, 6) is 0.880. The summed E-state index contributed by atoms with van der Waals surface area (Å²) in [4.78, 5) is 14.6. The van der Waals surface area contributed by atoms with E-state index in [4.69, 9.17) is 9.52 Å². The molecule has 0 saturated heterocycles. The largest absolute Gasteiger partial charge is 0.512 e. The summed E-state index contributed by atoms with van der Waals surface area (Å²) < 4.78 is 22.0. The molecule has 0 spiro atoms. The van der Waals surface area contributed by atoms with E-state index in [-0.39, 0.29) is 50.3 Å². The Bertz CT molecular complexity index is 1630. The number of hydrogen-bond acceptors (Lipinski definition) is 4. The third-order valence-corrected chi connectivity index (χ3v) is 6.22. The number of rotatable bonds is 5. The molecule has 7 heteroatoms. The number of allylic oxidation sites excluding steroid dienone is 2. The molecule has 0 aliphatic rings. The van der Waals surface area contributed by atoms with Gasteiger partial charge in [-0.15, -0.1) is 29.8 Å². The Morgan fingerprint density at radius 3 is 2.36 bits per heavy atom. The molecule has 39 heavy (non-hydrogen) atoms. The van der Waals surface area contributed by atoms with E-state index < -0.39 is 0 Å². The summed E-state index contributed by atoms with van der Waals surface area (Å²) in [6.07, 6.45) is 4.91. The van der Waals surface area contributed by atoms with Crippen LogP contribution in [-0.2, 0) is 25.9 Å². The first kappa shape index (κ1) is 30.0. The van der Waals surface area contributed by atoms with Crippen LogP contribution in [0, 0.1) is 11.9 Å². The Morgan fingerprint density at radius 2 is 1.79 bits per heavy atom. The maximum absolute atomic E-state index is 13.5. The van der Waals surface area contributed by atoms with E-state index in [1.165, 1.54) is 37.6 Å². The summed E-state index contributed by atoms with van der Waals surface area (Å²) in [5.41, 5.74) is 6.02. The van der Waals surface area contributed by atoms with Crippen molar-refractivity contribution < 1.29 is 39.8 Å². The molecule has 0 unspecified atom stereocenters. The number of aliphatic hydroxyl groups excluding tert-OH is 1. The fraction of sp³-hybridized carbons (Fsp3) is 0.250. The van der Waals surface area contributed by atoms with Gasteiger partial charge in [-0.2, -0.15) is 0 Å². The Labute approximate surface area is 242 Å². The maximum atomic E-state index is 13.5. The number of carbonyl (C=O) groups is 1. The van der Waals surface area contributed by atoms with Gasteiger partial charge >= 0.3 is 0 Å². The van der Waals surface area contributed by atoms with Gasteiger partial charge in [-0.05, 0) is 43.4 Å². The van der Waals surface area contributed by atoms with Crippen molar-refractivity contribution in [1.29, 1.82) is 0 Å². The van der Waals surface area contributed by atoms with Gasteiger partial charge < -0.3 is 14.1 Å². The van der Waals surface area contributed by atoms with Gasteiger partial charge in [0.25, 0.3) is 0 Å². The number of furan rings is 1. The quantitative estimate of drug-likeness (QED) is 0.113. The minimum absolute atomic E-state index is 0. The summed E-state index contributed by atoms with van der Waals surface area (Å²) in [6, 6.07) is 18.0. The van der Waals surface area contributed by atoms with Crippen LogP contribution in [0.1, 0.15) is 64.5 Å². The molecule has 0 fully saturated rings. The number of aliphatic hydroxyl groups is 1. The molecule has 0 aliphatic carbocycles. The number of carbonyl (C=O) groups excluding carboxylic acids is 1. The van der Waals surface area contributed by atoms with Gasteiger partial charge in [0, 0.05) is 67.4 Å². The van der Waals surface area contributed by atoms with Crippen molar-refractivity contribution in [2.45, 2.75) is 53.4 Å². The molecule has 5 nitrogen and oxygen atoms in total. The second-order valence-corrected chi connectivity index (χ2v) is 9.95. The number of benzene rings is 3. The van der Waals surface area contributed by atoms with Gasteiger partial charge in [-0.25, -0.2) is 0 Å². The number of hydrogen-bond donors (Lipinski definition) is 1. The predicted octanol–water partition coefficient (Wildman–Crippen LogP) is 8.66. The molecule has 0 aliphatic heterocycles. The molecule has 1 N–H and O–H groups in total. The molecule has 5 rings (SSSR count). The minimum atomic E-state index is -0.309. The Hall–Kier alpha value is -3.50. The molecular formula is C32H32FN2O3Pt-. The number of nitrogens with zero attached hydrogens (tertiary/aromatic N) is 2. The molecule has 0 amide bonds. The van der Waals surface area contributed by atoms with Crippen LogP contribution in [0.2, 0.25) is 0 Å². The van der Waals surface area contributed by atoms with Crippen molar-refractivity contribution in [2.24, 2.45) is 0 Å². The average Bonchev–Trinajstić information content (AvgIpc) is 3.47. The van der Waals surface area contributed by atoms with Gasteiger partial charge in [0.2, 0.25) is 0 Å². The number of halogens is 1. The molecule has 0 saturated carbocycles. The van der Waals surface area contributed by atoms with Crippen LogP contribution in [0.15, 0.2) is 77.2 Å². The number of para-hydroxylation sites is 1. The minimum Gasteiger partial charge on any atom is -0.512 e. The van der Waals surface area contributed by atoms with Gasteiger partial charge in [-0.1, -0.05) is 45.9 Å². The van der Waals surface area contributed by atoms with Crippen molar-refractivity contribution in [3.8, 4) is 17.1 Å². The SMILES string of the molecule is CC(=O)/C=C(/C)O.CC(C)c1cc2c(oc3ccccc32)c(C(C)C)c1-n1ccnc1-c1[c-]cc(F)cc1.[Pt]. The average molecular weight is 707 g/mol. The monoisotopic (exact) mass is 706 g/mol. The molecule has 0 bridgehead atoms. The number of ketones is 1. The molecule has 5 aromatic rings. The van der Waals surface area contributed by atoms with Crippen LogP contribution in [0.25, 0.3) is 39.0 Å². The first-order chi connectivity index (χ1) is 18.1. The van der Waals surface area contributed by atoms with Crippen LogP contribution in [0.4, 0.5) is 4.39 Å². The predicted molar refractivity (Wildman–Crippen MR) is 150 cm³/mol. The Balaban J connectivity index is 0.000000468. The third kappa shape index (κ3) is 6.39. The van der Waals surface area contributed by atoms with E-state index in [0.717, 1.165) is 44.6 Å². The van der Waals surface area contributed by atoms with Gasteiger partial charge in [0.05, 0.1) is 11.6 Å². The van der Waals surface area contributed by atoms with Crippen LogP contribution >= 0.6 is 0 Å². The molecule has 2 heterocycles. The van der Waals surface area contributed by atoms with Gasteiger partial charge in [-0.3, -0.25) is 14.2 Å².